The lowest BCUT2D eigenvalue weighted by molar-refractivity contribution is 0.978. The number of benzene rings is 1. The van der Waals surface area contributed by atoms with Crippen molar-refractivity contribution in [2.75, 3.05) is 18.4 Å². The molecule has 0 aliphatic heterocycles. The molecule has 0 amide bonds. The molecule has 1 aromatic carbocycles. The first-order valence-electron chi connectivity index (χ1n) is 5.77. The summed E-state index contributed by atoms with van der Waals surface area (Å²) >= 11 is 3.46. The molecule has 0 fully saturated rings. The fourth-order valence-electron chi connectivity index (χ4n) is 1.60. The number of anilines is 1. The van der Waals surface area contributed by atoms with E-state index < -0.39 is 0 Å². The summed E-state index contributed by atoms with van der Waals surface area (Å²) in [5.74, 6) is 0.624. The van der Waals surface area contributed by atoms with Crippen LogP contribution in [0.5, 0.6) is 0 Å². The molecule has 2 aromatic rings. The Morgan fingerprint density at radius 3 is 2.61 bits per heavy atom. The Labute approximate surface area is 115 Å². The molecule has 1 heterocycles. The molecular formula is C13H15BrN4. The molecule has 18 heavy (non-hydrogen) atoms. The van der Waals surface area contributed by atoms with Gasteiger partial charge in [-0.3, -0.25) is 0 Å². The molecule has 2 rings (SSSR count). The van der Waals surface area contributed by atoms with Gasteiger partial charge in [0, 0.05) is 36.4 Å². The standard InChI is InChI=1S/C13H15BrN4/c14-12-3-1-2-10(7-12)6-11-8-17-13(18-9-11)16-5-4-15/h1-3,7-9H,4-6,15H2,(H,16,17,18). The number of hydrogen-bond donors (Lipinski definition) is 2. The van der Waals surface area contributed by atoms with E-state index in [9.17, 15) is 0 Å². The van der Waals surface area contributed by atoms with Crippen molar-refractivity contribution in [1.82, 2.24) is 9.97 Å². The maximum absolute atomic E-state index is 5.40. The predicted octanol–water partition coefficient (Wildman–Crippen LogP) is 2.20. The predicted molar refractivity (Wildman–Crippen MR) is 76.5 cm³/mol. The molecule has 0 saturated carbocycles. The second kappa shape index (κ2) is 6.47. The van der Waals surface area contributed by atoms with Crippen LogP contribution in [-0.2, 0) is 6.42 Å². The highest BCUT2D eigenvalue weighted by Gasteiger charge is 1.99. The zero-order valence-corrected chi connectivity index (χ0v) is 11.5. The molecular weight excluding hydrogens is 292 g/mol. The minimum absolute atomic E-state index is 0.573. The van der Waals surface area contributed by atoms with E-state index in [1.54, 1.807) is 0 Å². The van der Waals surface area contributed by atoms with Crippen molar-refractivity contribution in [2.24, 2.45) is 5.73 Å². The van der Waals surface area contributed by atoms with Gasteiger partial charge < -0.3 is 11.1 Å². The molecule has 94 valence electrons. The van der Waals surface area contributed by atoms with Crippen LogP contribution in [0.1, 0.15) is 11.1 Å². The Morgan fingerprint density at radius 2 is 1.94 bits per heavy atom. The number of nitrogens with one attached hydrogen (secondary N) is 1. The molecule has 0 aliphatic rings. The number of nitrogens with zero attached hydrogens (tertiary/aromatic N) is 2. The monoisotopic (exact) mass is 306 g/mol. The Kier molecular flexibility index (Phi) is 4.66. The summed E-state index contributed by atoms with van der Waals surface area (Å²) in [5.41, 5.74) is 7.72. The van der Waals surface area contributed by atoms with E-state index in [0.717, 1.165) is 16.5 Å². The Bertz CT molecular complexity index is 499. The molecule has 1 aromatic heterocycles. The molecule has 0 bridgehead atoms. The van der Waals surface area contributed by atoms with Gasteiger partial charge in [0.1, 0.15) is 0 Å². The number of nitrogens with two attached hydrogens (primary N) is 1. The lowest BCUT2D eigenvalue weighted by Gasteiger charge is -2.04. The molecule has 0 spiro atoms. The van der Waals surface area contributed by atoms with Crippen molar-refractivity contribution < 1.29 is 0 Å². The largest absolute Gasteiger partial charge is 0.353 e. The number of aromatic nitrogens is 2. The quantitative estimate of drug-likeness (QED) is 0.889. The Balaban J connectivity index is 2.02. The van der Waals surface area contributed by atoms with Crippen LogP contribution >= 0.6 is 15.9 Å². The fourth-order valence-corrected chi connectivity index (χ4v) is 2.05. The van der Waals surface area contributed by atoms with E-state index in [4.69, 9.17) is 5.73 Å². The minimum Gasteiger partial charge on any atom is -0.353 e. The molecule has 4 nitrogen and oxygen atoms in total. The summed E-state index contributed by atoms with van der Waals surface area (Å²) in [6.45, 7) is 1.26. The summed E-state index contributed by atoms with van der Waals surface area (Å²) in [5, 5.41) is 3.04. The maximum atomic E-state index is 5.40. The van der Waals surface area contributed by atoms with E-state index in [2.05, 4.69) is 43.3 Å². The van der Waals surface area contributed by atoms with Gasteiger partial charge in [-0.2, -0.15) is 0 Å². The second-order valence-electron chi connectivity index (χ2n) is 3.94. The summed E-state index contributed by atoms with van der Waals surface area (Å²) in [6, 6.07) is 8.23. The van der Waals surface area contributed by atoms with E-state index >= 15 is 0 Å². The average molecular weight is 307 g/mol. The van der Waals surface area contributed by atoms with Crippen LogP contribution in [0.25, 0.3) is 0 Å². The van der Waals surface area contributed by atoms with Crippen LogP contribution in [0, 0.1) is 0 Å². The van der Waals surface area contributed by atoms with Crippen molar-refractivity contribution in [3.05, 3.63) is 52.3 Å². The maximum Gasteiger partial charge on any atom is 0.222 e. The van der Waals surface area contributed by atoms with Crippen LogP contribution in [0.3, 0.4) is 0 Å². The fraction of sp³-hybridized carbons (Fsp3) is 0.231. The van der Waals surface area contributed by atoms with Gasteiger partial charge in [0.15, 0.2) is 0 Å². The van der Waals surface area contributed by atoms with Gasteiger partial charge in [-0.25, -0.2) is 9.97 Å². The van der Waals surface area contributed by atoms with Crippen LogP contribution < -0.4 is 11.1 Å². The summed E-state index contributed by atoms with van der Waals surface area (Å²) in [4.78, 5) is 8.49. The minimum atomic E-state index is 0.573. The van der Waals surface area contributed by atoms with Crippen LogP contribution in [-0.4, -0.2) is 23.1 Å². The van der Waals surface area contributed by atoms with Gasteiger partial charge >= 0.3 is 0 Å². The second-order valence-corrected chi connectivity index (χ2v) is 4.85. The Hall–Kier alpha value is -1.46. The first-order chi connectivity index (χ1) is 8.78. The lowest BCUT2D eigenvalue weighted by atomic mass is 10.1. The topological polar surface area (TPSA) is 63.8 Å². The molecule has 0 aliphatic carbocycles. The van der Waals surface area contributed by atoms with Gasteiger partial charge in [-0.15, -0.1) is 0 Å². The zero-order chi connectivity index (χ0) is 12.8. The van der Waals surface area contributed by atoms with Crippen molar-refractivity contribution in [2.45, 2.75) is 6.42 Å². The SMILES string of the molecule is NCCNc1ncc(Cc2cccc(Br)c2)cn1. The van der Waals surface area contributed by atoms with Crippen molar-refractivity contribution >= 4 is 21.9 Å². The third kappa shape index (κ3) is 3.78. The van der Waals surface area contributed by atoms with Crippen LogP contribution in [0.2, 0.25) is 0 Å². The highest BCUT2D eigenvalue weighted by atomic mass is 79.9. The first kappa shape index (κ1) is 13.0. The highest BCUT2D eigenvalue weighted by molar-refractivity contribution is 9.10. The van der Waals surface area contributed by atoms with Crippen molar-refractivity contribution in [3.63, 3.8) is 0 Å². The van der Waals surface area contributed by atoms with Gasteiger partial charge in [-0.05, 0) is 23.3 Å². The third-order valence-electron chi connectivity index (χ3n) is 2.43. The zero-order valence-electron chi connectivity index (χ0n) is 9.94. The summed E-state index contributed by atoms with van der Waals surface area (Å²) in [7, 11) is 0. The molecule has 0 unspecified atom stereocenters. The lowest BCUT2D eigenvalue weighted by Crippen LogP contribution is -2.14. The van der Waals surface area contributed by atoms with Gasteiger partial charge in [-0.1, -0.05) is 28.1 Å². The number of rotatable bonds is 5. The van der Waals surface area contributed by atoms with Crippen LogP contribution in [0.15, 0.2) is 41.1 Å². The van der Waals surface area contributed by atoms with Crippen LogP contribution in [0.4, 0.5) is 5.95 Å². The van der Waals surface area contributed by atoms with Gasteiger partial charge in [0.2, 0.25) is 5.95 Å². The van der Waals surface area contributed by atoms with Gasteiger partial charge in [0.25, 0.3) is 0 Å². The smallest absolute Gasteiger partial charge is 0.222 e. The molecule has 0 atom stereocenters. The summed E-state index contributed by atoms with van der Waals surface area (Å²) in [6.07, 6.45) is 4.51. The molecule has 5 heteroatoms. The van der Waals surface area contributed by atoms with E-state index in [1.165, 1.54) is 5.56 Å². The molecule has 3 N–H and O–H groups in total. The highest BCUT2D eigenvalue weighted by Crippen LogP contribution is 2.14. The molecule has 0 radical (unpaired) electrons. The summed E-state index contributed by atoms with van der Waals surface area (Å²) < 4.78 is 1.09. The average Bonchev–Trinajstić information content (AvgIpc) is 2.38. The van der Waals surface area contributed by atoms with Gasteiger partial charge in [0.05, 0.1) is 0 Å². The third-order valence-corrected chi connectivity index (χ3v) is 2.92. The van der Waals surface area contributed by atoms with Crippen molar-refractivity contribution in [1.29, 1.82) is 0 Å². The first-order valence-corrected chi connectivity index (χ1v) is 6.56. The Morgan fingerprint density at radius 1 is 1.17 bits per heavy atom. The van der Waals surface area contributed by atoms with Crippen molar-refractivity contribution in [3.8, 4) is 0 Å². The van der Waals surface area contributed by atoms with E-state index in [-0.39, 0.29) is 0 Å². The van der Waals surface area contributed by atoms with E-state index in [0.29, 0.717) is 19.0 Å². The normalized spacial score (nSPS) is 10.3. The molecule has 0 saturated heterocycles. The van der Waals surface area contributed by atoms with E-state index in [1.807, 2.05) is 24.5 Å². The number of halogens is 1. The number of hydrogen-bond acceptors (Lipinski definition) is 4.